The van der Waals surface area contributed by atoms with Crippen LogP contribution in [0.25, 0.3) is 0 Å². The molecular formula is C13H23N5O2. The summed E-state index contributed by atoms with van der Waals surface area (Å²) in [6.45, 7) is 3.35. The Morgan fingerprint density at radius 3 is 2.85 bits per heavy atom. The van der Waals surface area contributed by atoms with Gasteiger partial charge in [0.05, 0.1) is 4.92 Å². The van der Waals surface area contributed by atoms with Gasteiger partial charge in [0.15, 0.2) is 0 Å². The van der Waals surface area contributed by atoms with Crippen LogP contribution in [-0.4, -0.2) is 33.8 Å². The monoisotopic (exact) mass is 281 g/mol. The number of anilines is 1. The van der Waals surface area contributed by atoms with E-state index in [1.807, 2.05) is 6.92 Å². The van der Waals surface area contributed by atoms with E-state index in [0.29, 0.717) is 24.8 Å². The van der Waals surface area contributed by atoms with Crippen molar-refractivity contribution in [1.29, 1.82) is 0 Å². The summed E-state index contributed by atoms with van der Waals surface area (Å²) in [5.41, 5.74) is 5.96. The molecule has 7 heteroatoms. The summed E-state index contributed by atoms with van der Waals surface area (Å²) >= 11 is 0. The number of aromatic nitrogens is 2. The Hall–Kier alpha value is -1.63. The topological polar surface area (TPSA) is 90.2 Å². The second-order valence-electron chi connectivity index (χ2n) is 5.40. The smallest absolute Gasteiger partial charge is 0.330 e. The minimum absolute atomic E-state index is 0.0793. The first-order chi connectivity index (χ1) is 9.58. The van der Waals surface area contributed by atoms with Gasteiger partial charge in [0, 0.05) is 19.6 Å². The van der Waals surface area contributed by atoms with Crippen LogP contribution in [0.2, 0.25) is 0 Å². The van der Waals surface area contributed by atoms with Crippen LogP contribution in [0.3, 0.4) is 0 Å². The molecule has 112 valence electrons. The van der Waals surface area contributed by atoms with Gasteiger partial charge in [-0.25, -0.2) is 0 Å². The Kier molecular flexibility index (Phi) is 4.59. The predicted molar refractivity (Wildman–Crippen MR) is 77.7 cm³/mol. The lowest BCUT2D eigenvalue weighted by Crippen LogP contribution is -2.45. The molecule has 0 aliphatic heterocycles. The highest BCUT2D eigenvalue weighted by Gasteiger charge is 2.33. The van der Waals surface area contributed by atoms with E-state index >= 15 is 0 Å². The zero-order valence-electron chi connectivity index (χ0n) is 12.2. The second kappa shape index (κ2) is 6.21. The van der Waals surface area contributed by atoms with E-state index in [9.17, 15) is 10.1 Å². The largest absolute Gasteiger partial charge is 0.346 e. The fraction of sp³-hybridized carbons (Fsp3) is 0.769. The van der Waals surface area contributed by atoms with Crippen LogP contribution in [-0.2, 0) is 7.05 Å². The van der Waals surface area contributed by atoms with Crippen LogP contribution >= 0.6 is 0 Å². The summed E-state index contributed by atoms with van der Waals surface area (Å²) in [5.74, 6) is 0.871. The van der Waals surface area contributed by atoms with Gasteiger partial charge in [-0.05, 0) is 32.2 Å². The van der Waals surface area contributed by atoms with Gasteiger partial charge in [-0.2, -0.15) is 0 Å². The molecule has 2 N–H and O–H groups in total. The molecule has 1 heterocycles. The molecule has 20 heavy (non-hydrogen) atoms. The summed E-state index contributed by atoms with van der Waals surface area (Å²) < 4.78 is 1.51. The fourth-order valence-corrected chi connectivity index (χ4v) is 3.21. The maximum Gasteiger partial charge on any atom is 0.330 e. The summed E-state index contributed by atoms with van der Waals surface area (Å²) in [6.07, 6.45) is 5.94. The number of hydrogen-bond donors (Lipinski definition) is 1. The molecule has 1 aromatic rings. The third-order valence-corrected chi connectivity index (χ3v) is 4.17. The van der Waals surface area contributed by atoms with Gasteiger partial charge in [0.25, 0.3) is 0 Å². The zero-order valence-corrected chi connectivity index (χ0v) is 12.2. The van der Waals surface area contributed by atoms with Crippen molar-refractivity contribution in [3.05, 3.63) is 16.3 Å². The highest BCUT2D eigenvalue weighted by molar-refractivity contribution is 5.57. The van der Waals surface area contributed by atoms with Gasteiger partial charge < -0.3 is 10.6 Å². The SMILES string of the molecule is CCN(c1nn(C)cc1[N+](=O)[O-])C1CCCCC1CN. The van der Waals surface area contributed by atoms with E-state index in [4.69, 9.17) is 5.73 Å². The van der Waals surface area contributed by atoms with Crippen molar-refractivity contribution in [2.45, 2.75) is 38.6 Å². The van der Waals surface area contributed by atoms with E-state index in [1.54, 1.807) is 7.05 Å². The number of rotatable bonds is 5. The minimum Gasteiger partial charge on any atom is -0.346 e. The van der Waals surface area contributed by atoms with Crippen molar-refractivity contribution >= 4 is 11.5 Å². The van der Waals surface area contributed by atoms with Crippen molar-refractivity contribution in [3.8, 4) is 0 Å². The Balaban J connectivity index is 2.33. The normalized spacial score (nSPS) is 22.8. The first-order valence-electron chi connectivity index (χ1n) is 7.23. The lowest BCUT2D eigenvalue weighted by molar-refractivity contribution is -0.384. The number of nitrogens with zero attached hydrogens (tertiary/aromatic N) is 4. The molecule has 1 fully saturated rings. The first-order valence-corrected chi connectivity index (χ1v) is 7.23. The van der Waals surface area contributed by atoms with Crippen molar-refractivity contribution < 1.29 is 4.92 Å². The van der Waals surface area contributed by atoms with Gasteiger partial charge in [0.2, 0.25) is 5.82 Å². The molecular weight excluding hydrogens is 258 g/mol. The molecule has 1 aliphatic rings. The van der Waals surface area contributed by atoms with Gasteiger partial charge in [-0.1, -0.05) is 12.8 Å². The van der Waals surface area contributed by atoms with Crippen LogP contribution in [0.4, 0.5) is 11.5 Å². The van der Waals surface area contributed by atoms with Crippen molar-refractivity contribution in [2.75, 3.05) is 18.0 Å². The molecule has 7 nitrogen and oxygen atoms in total. The quantitative estimate of drug-likeness (QED) is 0.655. The molecule has 2 atom stereocenters. The lowest BCUT2D eigenvalue weighted by Gasteiger charge is -2.39. The van der Waals surface area contributed by atoms with Crippen LogP contribution in [0, 0.1) is 16.0 Å². The molecule has 0 bridgehead atoms. The predicted octanol–water partition coefficient (Wildman–Crippen LogP) is 1.67. The molecule has 0 radical (unpaired) electrons. The van der Waals surface area contributed by atoms with Gasteiger partial charge in [-0.15, -0.1) is 5.10 Å². The summed E-state index contributed by atoms with van der Waals surface area (Å²) in [4.78, 5) is 12.9. The summed E-state index contributed by atoms with van der Waals surface area (Å²) in [6, 6.07) is 0.257. The molecule has 1 aliphatic carbocycles. The maximum atomic E-state index is 11.2. The van der Waals surface area contributed by atoms with Crippen LogP contribution < -0.4 is 10.6 Å². The van der Waals surface area contributed by atoms with Crippen LogP contribution in [0.1, 0.15) is 32.6 Å². The van der Waals surface area contributed by atoms with Crippen molar-refractivity contribution in [3.63, 3.8) is 0 Å². The summed E-state index contributed by atoms with van der Waals surface area (Å²) in [5, 5.41) is 15.5. The van der Waals surface area contributed by atoms with E-state index in [2.05, 4.69) is 10.00 Å². The molecule has 0 saturated heterocycles. The minimum atomic E-state index is -0.356. The third kappa shape index (κ3) is 2.77. The number of hydrogen-bond acceptors (Lipinski definition) is 5. The van der Waals surface area contributed by atoms with E-state index in [1.165, 1.54) is 17.3 Å². The Morgan fingerprint density at radius 1 is 1.55 bits per heavy atom. The highest BCUT2D eigenvalue weighted by Crippen LogP contribution is 2.34. The Bertz CT molecular complexity index is 473. The maximum absolute atomic E-state index is 11.2. The standard InChI is InChI=1S/C13H23N5O2/c1-3-17(11-7-5-4-6-10(11)8-14)13-12(18(19)20)9-16(2)15-13/h9-11H,3-8,14H2,1-2H3. The second-order valence-corrected chi connectivity index (χ2v) is 5.40. The average Bonchev–Trinajstić information content (AvgIpc) is 2.82. The van der Waals surface area contributed by atoms with E-state index in [-0.39, 0.29) is 16.7 Å². The Morgan fingerprint density at radius 2 is 2.25 bits per heavy atom. The molecule has 2 unspecified atom stereocenters. The summed E-state index contributed by atoms with van der Waals surface area (Å²) in [7, 11) is 1.71. The molecule has 1 saturated carbocycles. The molecule has 2 rings (SSSR count). The highest BCUT2D eigenvalue weighted by atomic mass is 16.6. The lowest BCUT2D eigenvalue weighted by atomic mass is 9.83. The van der Waals surface area contributed by atoms with Gasteiger partial charge >= 0.3 is 5.69 Å². The van der Waals surface area contributed by atoms with E-state index < -0.39 is 0 Å². The van der Waals surface area contributed by atoms with Gasteiger partial charge in [-0.3, -0.25) is 14.8 Å². The van der Waals surface area contributed by atoms with E-state index in [0.717, 1.165) is 19.3 Å². The number of nitro groups is 1. The Labute approximate surface area is 118 Å². The number of aryl methyl sites for hydroxylation is 1. The van der Waals surface area contributed by atoms with Crippen LogP contribution in [0.15, 0.2) is 6.20 Å². The zero-order chi connectivity index (χ0) is 14.7. The van der Waals surface area contributed by atoms with Gasteiger partial charge in [0.1, 0.15) is 6.20 Å². The molecule has 0 spiro atoms. The fourth-order valence-electron chi connectivity index (χ4n) is 3.21. The third-order valence-electron chi connectivity index (χ3n) is 4.17. The van der Waals surface area contributed by atoms with Crippen molar-refractivity contribution in [1.82, 2.24) is 9.78 Å². The molecule has 0 amide bonds. The van der Waals surface area contributed by atoms with Crippen molar-refractivity contribution in [2.24, 2.45) is 18.7 Å². The first kappa shape index (κ1) is 14.8. The average molecular weight is 281 g/mol. The molecule has 1 aromatic heterocycles. The number of nitrogens with two attached hydrogens (primary N) is 1. The van der Waals surface area contributed by atoms with Crippen LogP contribution in [0.5, 0.6) is 0 Å². The molecule has 0 aromatic carbocycles.